The molecule has 0 aliphatic carbocycles. The molecular formula is C34H31F2N7O4S. The Morgan fingerprint density at radius 3 is 2.38 bits per heavy atom. The largest absolute Gasteiger partial charge is 0.343 e. The summed E-state index contributed by atoms with van der Waals surface area (Å²) in [5.74, 6) is -1.60. The number of likely N-dealkylation sites (N-methyl/N-ethyl adjacent to an activating group) is 1. The third-order valence-electron chi connectivity index (χ3n) is 7.79. The summed E-state index contributed by atoms with van der Waals surface area (Å²) in [6.45, 7) is 1.13. The van der Waals surface area contributed by atoms with E-state index in [9.17, 15) is 23.2 Å². The number of fused-ring (bicyclic) bond motifs is 1. The number of aromatic nitrogens is 4. The minimum absolute atomic E-state index is 0.270. The fourth-order valence-corrected chi connectivity index (χ4v) is 6.75. The predicted molar refractivity (Wildman–Crippen MR) is 180 cm³/mol. The summed E-state index contributed by atoms with van der Waals surface area (Å²) in [6.07, 6.45) is 5.28. The number of thiophene rings is 1. The third kappa shape index (κ3) is 6.67. The van der Waals surface area contributed by atoms with Crippen LogP contribution in [0.15, 0.2) is 101 Å². The Labute approximate surface area is 277 Å². The summed E-state index contributed by atoms with van der Waals surface area (Å²) in [7, 11) is 3.25. The number of carbonyl (C=O) groups excluding carboxylic acids is 1. The SMILES string of the molecule is CONC(=O)Nc1ccc(-c2sc3c(c2CN(C)CCn2ccnc2)c(=O)n(-c2ccccc2)c(=O)n3Cc2c(F)cccc2F)cc1. The van der Waals surface area contributed by atoms with E-state index >= 15 is 0 Å². The van der Waals surface area contributed by atoms with Gasteiger partial charge in [-0.1, -0.05) is 36.4 Å². The number of para-hydroxylation sites is 1. The second kappa shape index (κ2) is 14.1. The van der Waals surface area contributed by atoms with Crippen LogP contribution in [0.4, 0.5) is 19.3 Å². The molecule has 3 heterocycles. The summed E-state index contributed by atoms with van der Waals surface area (Å²) in [4.78, 5) is 52.3. The molecule has 0 atom stereocenters. The number of hydrogen-bond donors (Lipinski definition) is 2. The summed E-state index contributed by atoms with van der Waals surface area (Å²) in [6, 6.07) is 18.4. The molecule has 0 aliphatic rings. The summed E-state index contributed by atoms with van der Waals surface area (Å²) in [5, 5.41) is 2.93. The Bertz CT molecular complexity index is 2160. The minimum Gasteiger partial charge on any atom is -0.336 e. The molecule has 3 aromatic heterocycles. The number of anilines is 1. The first-order valence-electron chi connectivity index (χ1n) is 14.9. The average Bonchev–Trinajstić information content (AvgIpc) is 3.73. The van der Waals surface area contributed by atoms with Crippen LogP contribution in [0.2, 0.25) is 0 Å². The average molecular weight is 672 g/mol. The van der Waals surface area contributed by atoms with E-state index in [1.807, 2.05) is 22.7 Å². The molecule has 0 unspecified atom stereocenters. The number of carbonyl (C=O) groups is 1. The van der Waals surface area contributed by atoms with E-state index in [-0.39, 0.29) is 15.8 Å². The lowest BCUT2D eigenvalue weighted by Gasteiger charge is -2.18. The van der Waals surface area contributed by atoms with Crippen molar-refractivity contribution in [2.75, 3.05) is 26.0 Å². The van der Waals surface area contributed by atoms with Gasteiger partial charge in [-0.25, -0.2) is 33.4 Å². The molecule has 48 heavy (non-hydrogen) atoms. The van der Waals surface area contributed by atoms with Crippen LogP contribution in [-0.4, -0.2) is 50.3 Å². The quantitative estimate of drug-likeness (QED) is 0.183. The number of urea groups is 1. The first-order valence-corrected chi connectivity index (χ1v) is 15.7. The smallest absolute Gasteiger partial charge is 0.336 e. The zero-order valence-corrected chi connectivity index (χ0v) is 26.8. The van der Waals surface area contributed by atoms with Gasteiger partial charge in [-0.05, 0) is 54.6 Å². The van der Waals surface area contributed by atoms with Crippen molar-refractivity contribution in [2.24, 2.45) is 0 Å². The maximum absolute atomic E-state index is 15.0. The molecule has 0 aliphatic heterocycles. The van der Waals surface area contributed by atoms with E-state index in [2.05, 4.69) is 20.6 Å². The van der Waals surface area contributed by atoms with Crippen molar-refractivity contribution in [3.8, 4) is 16.1 Å². The molecule has 0 spiro atoms. The van der Waals surface area contributed by atoms with E-state index in [1.165, 1.54) is 29.1 Å². The van der Waals surface area contributed by atoms with Crippen LogP contribution >= 0.6 is 11.3 Å². The van der Waals surface area contributed by atoms with Crippen LogP contribution in [0.5, 0.6) is 0 Å². The van der Waals surface area contributed by atoms with Gasteiger partial charge in [0.05, 0.1) is 31.1 Å². The van der Waals surface area contributed by atoms with Crippen LogP contribution in [0.1, 0.15) is 11.1 Å². The molecule has 2 amide bonds. The molecule has 0 radical (unpaired) electrons. The fourth-order valence-electron chi connectivity index (χ4n) is 5.45. The lowest BCUT2D eigenvalue weighted by atomic mass is 10.1. The van der Waals surface area contributed by atoms with Crippen molar-refractivity contribution < 1.29 is 18.4 Å². The first kappa shape index (κ1) is 32.5. The minimum atomic E-state index is -0.802. The van der Waals surface area contributed by atoms with Gasteiger partial charge >= 0.3 is 11.7 Å². The lowest BCUT2D eigenvalue weighted by Crippen LogP contribution is -2.39. The third-order valence-corrected chi connectivity index (χ3v) is 9.10. The van der Waals surface area contributed by atoms with E-state index < -0.39 is 35.5 Å². The monoisotopic (exact) mass is 671 g/mol. The van der Waals surface area contributed by atoms with Crippen LogP contribution in [-0.2, 0) is 24.5 Å². The van der Waals surface area contributed by atoms with Gasteiger partial charge in [0.1, 0.15) is 16.5 Å². The molecule has 6 aromatic rings. The van der Waals surface area contributed by atoms with Crippen molar-refractivity contribution in [2.45, 2.75) is 19.6 Å². The Balaban J connectivity index is 1.56. The zero-order chi connectivity index (χ0) is 33.8. The van der Waals surface area contributed by atoms with Crippen LogP contribution in [0.3, 0.4) is 0 Å². The highest BCUT2D eigenvalue weighted by atomic mass is 32.1. The number of nitrogens with zero attached hydrogens (tertiary/aromatic N) is 5. The molecule has 11 nitrogen and oxygen atoms in total. The Morgan fingerprint density at radius 2 is 1.71 bits per heavy atom. The van der Waals surface area contributed by atoms with Gasteiger partial charge in [0.15, 0.2) is 0 Å². The highest BCUT2D eigenvalue weighted by Gasteiger charge is 2.25. The number of hydroxylamine groups is 1. The molecule has 2 N–H and O–H groups in total. The van der Waals surface area contributed by atoms with E-state index in [0.29, 0.717) is 47.0 Å². The number of hydrogen-bond acceptors (Lipinski definition) is 7. The number of nitrogens with one attached hydrogen (secondary N) is 2. The molecular weight excluding hydrogens is 640 g/mol. The van der Waals surface area contributed by atoms with Crippen molar-refractivity contribution in [3.63, 3.8) is 0 Å². The van der Waals surface area contributed by atoms with E-state index in [4.69, 9.17) is 0 Å². The van der Waals surface area contributed by atoms with Gasteiger partial charge < -0.3 is 14.8 Å². The topological polar surface area (TPSA) is 115 Å². The van der Waals surface area contributed by atoms with Gasteiger partial charge in [-0.3, -0.25) is 14.2 Å². The number of benzene rings is 3. The van der Waals surface area contributed by atoms with E-state index in [0.717, 1.165) is 16.7 Å². The molecule has 0 bridgehead atoms. The first-order chi connectivity index (χ1) is 23.2. The normalized spacial score (nSPS) is 11.4. The molecule has 3 aromatic carbocycles. The lowest BCUT2D eigenvalue weighted by molar-refractivity contribution is 0.114. The van der Waals surface area contributed by atoms with Crippen molar-refractivity contribution in [1.29, 1.82) is 0 Å². The molecule has 0 fully saturated rings. The standard InChI is InChI=1S/C34H31F2N7O4S/c1-40(17-18-41-16-15-37-21-41)19-26-29-31(44)43(24-7-4-3-5-8-24)34(46)42(20-25-27(35)9-6-10-28(25)36)32(29)48-30(26)22-11-13-23(14-12-22)38-33(45)39-47-2/h3-16,21H,17-20H2,1-2H3,(H2,38,39,45). The predicted octanol–water partition coefficient (Wildman–Crippen LogP) is 5.22. The van der Waals surface area contributed by atoms with Gasteiger partial charge in [0, 0.05) is 48.2 Å². The second-order valence-electron chi connectivity index (χ2n) is 11.0. The van der Waals surface area contributed by atoms with Gasteiger partial charge in [-0.2, -0.15) is 0 Å². The van der Waals surface area contributed by atoms with Crippen molar-refractivity contribution >= 4 is 33.3 Å². The Morgan fingerprint density at radius 1 is 0.979 bits per heavy atom. The molecule has 14 heteroatoms. The molecule has 246 valence electrons. The summed E-state index contributed by atoms with van der Waals surface area (Å²) in [5.41, 5.74) is 2.82. The molecule has 0 saturated heterocycles. The van der Waals surface area contributed by atoms with Gasteiger partial charge in [-0.15, -0.1) is 11.3 Å². The maximum Gasteiger partial charge on any atom is 0.343 e. The summed E-state index contributed by atoms with van der Waals surface area (Å²) >= 11 is 1.20. The second-order valence-corrected chi connectivity index (χ2v) is 12.0. The number of amides is 2. The summed E-state index contributed by atoms with van der Waals surface area (Å²) < 4.78 is 34.2. The van der Waals surface area contributed by atoms with Crippen molar-refractivity contribution in [3.05, 3.63) is 135 Å². The Kier molecular flexibility index (Phi) is 9.57. The number of imidazole rings is 1. The fraction of sp³-hybridized carbons (Fsp3) is 0.176. The van der Waals surface area contributed by atoms with Crippen LogP contribution in [0.25, 0.3) is 26.3 Å². The van der Waals surface area contributed by atoms with Crippen LogP contribution < -0.4 is 22.0 Å². The zero-order valence-electron chi connectivity index (χ0n) is 26.0. The molecule has 0 saturated carbocycles. The molecule has 6 rings (SSSR count). The Hall–Kier alpha value is -5.44. The van der Waals surface area contributed by atoms with Gasteiger partial charge in [0.2, 0.25) is 0 Å². The number of halogens is 2. The maximum atomic E-state index is 15.0. The highest BCUT2D eigenvalue weighted by Crippen LogP contribution is 2.38. The van der Waals surface area contributed by atoms with Gasteiger partial charge in [0.25, 0.3) is 5.56 Å². The highest BCUT2D eigenvalue weighted by molar-refractivity contribution is 7.22. The van der Waals surface area contributed by atoms with Crippen LogP contribution in [0, 0.1) is 11.6 Å². The van der Waals surface area contributed by atoms with Crippen molar-refractivity contribution in [1.82, 2.24) is 29.1 Å². The van der Waals surface area contributed by atoms with E-state index in [1.54, 1.807) is 67.1 Å². The number of rotatable bonds is 11.